The first-order chi connectivity index (χ1) is 12.1. The van der Waals surface area contributed by atoms with Gasteiger partial charge in [-0.25, -0.2) is 4.98 Å². The van der Waals surface area contributed by atoms with Gasteiger partial charge in [-0.1, -0.05) is 6.42 Å². The molecule has 2 aliphatic rings. The Balaban J connectivity index is 1.46. The van der Waals surface area contributed by atoms with E-state index in [9.17, 15) is 9.90 Å². The van der Waals surface area contributed by atoms with Crippen LogP contribution in [-0.4, -0.2) is 66.3 Å². The molecular formula is C19H30N4O2. The van der Waals surface area contributed by atoms with Gasteiger partial charge >= 0.3 is 0 Å². The van der Waals surface area contributed by atoms with Crippen LogP contribution in [0.5, 0.6) is 0 Å². The molecule has 0 spiro atoms. The molecule has 2 saturated heterocycles. The number of nitrogens with one attached hydrogen (secondary N) is 1. The van der Waals surface area contributed by atoms with Crippen LogP contribution < -0.4 is 10.2 Å². The van der Waals surface area contributed by atoms with E-state index in [0.717, 1.165) is 44.7 Å². The molecule has 0 aliphatic carbocycles. The third-order valence-electron chi connectivity index (χ3n) is 5.48. The molecule has 0 radical (unpaired) electrons. The van der Waals surface area contributed by atoms with Gasteiger partial charge in [0, 0.05) is 31.9 Å². The molecule has 1 aromatic rings. The molecule has 3 rings (SSSR count). The second kappa shape index (κ2) is 8.63. The molecule has 1 unspecified atom stereocenters. The van der Waals surface area contributed by atoms with E-state index in [1.54, 1.807) is 6.20 Å². The summed E-state index contributed by atoms with van der Waals surface area (Å²) in [6.07, 6.45) is 7.83. The van der Waals surface area contributed by atoms with Gasteiger partial charge in [0.15, 0.2) is 0 Å². The zero-order valence-electron chi connectivity index (χ0n) is 15.2. The first-order valence-electron chi connectivity index (χ1n) is 9.51. The number of piperidine rings is 2. The molecular weight excluding hydrogens is 316 g/mol. The molecule has 0 bridgehead atoms. The van der Waals surface area contributed by atoms with E-state index < -0.39 is 0 Å². The lowest BCUT2D eigenvalue weighted by Gasteiger charge is -2.32. The summed E-state index contributed by atoms with van der Waals surface area (Å²) < 4.78 is 0. The van der Waals surface area contributed by atoms with Crippen molar-refractivity contribution in [2.45, 2.75) is 50.7 Å². The van der Waals surface area contributed by atoms with Crippen LogP contribution in [0.2, 0.25) is 0 Å². The monoisotopic (exact) mass is 346 g/mol. The summed E-state index contributed by atoms with van der Waals surface area (Å²) in [7, 11) is 2.17. The second-order valence-electron chi connectivity index (χ2n) is 7.30. The van der Waals surface area contributed by atoms with E-state index in [0.29, 0.717) is 18.2 Å². The minimum atomic E-state index is -0.190. The SMILES string of the molecule is CN1CCCCC1CCNC(=O)c1ccc(N2CCC(O)CC2)nc1. The summed E-state index contributed by atoms with van der Waals surface area (Å²) in [6, 6.07) is 4.33. The first-order valence-corrected chi connectivity index (χ1v) is 9.51. The van der Waals surface area contributed by atoms with Gasteiger partial charge in [-0.3, -0.25) is 4.79 Å². The highest BCUT2D eigenvalue weighted by atomic mass is 16.3. The highest BCUT2D eigenvalue weighted by Crippen LogP contribution is 2.19. The van der Waals surface area contributed by atoms with Gasteiger partial charge in [0.05, 0.1) is 11.7 Å². The van der Waals surface area contributed by atoms with Gasteiger partial charge in [-0.2, -0.15) is 0 Å². The summed E-state index contributed by atoms with van der Waals surface area (Å²) in [5.41, 5.74) is 0.609. The maximum absolute atomic E-state index is 12.3. The largest absolute Gasteiger partial charge is 0.393 e. The van der Waals surface area contributed by atoms with Crippen molar-refractivity contribution in [3.05, 3.63) is 23.9 Å². The van der Waals surface area contributed by atoms with Crippen molar-refractivity contribution >= 4 is 11.7 Å². The first kappa shape index (κ1) is 18.1. The number of aromatic nitrogens is 1. The molecule has 138 valence electrons. The maximum Gasteiger partial charge on any atom is 0.252 e. The van der Waals surface area contributed by atoms with E-state index in [2.05, 4.69) is 27.1 Å². The Labute approximate surface area is 150 Å². The lowest BCUT2D eigenvalue weighted by atomic mass is 10.0. The number of carbonyl (C=O) groups is 1. The number of likely N-dealkylation sites (tertiary alicyclic amines) is 1. The number of aliphatic hydroxyl groups excluding tert-OH is 1. The topological polar surface area (TPSA) is 68.7 Å². The van der Waals surface area contributed by atoms with Gasteiger partial charge < -0.3 is 20.2 Å². The molecule has 3 heterocycles. The van der Waals surface area contributed by atoms with Crippen LogP contribution in [0.4, 0.5) is 5.82 Å². The number of hydrogen-bond acceptors (Lipinski definition) is 5. The van der Waals surface area contributed by atoms with Crippen LogP contribution in [-0.2, 0) is 0 Å². The number of nitrogens with zero attached hydrogens (tertiary/aromatic N) is 3. The summed E-state index contributed by atoms with van der Waals surface area (Å²) in [5, 5.41) is 12.6. The van der Waals surface area contributed by atoms with Gasteiger partial charge in [0.1, 0.15) is 5.82 Å². The third-order valence-corrected chi connectivity index (χ3v) is 5.48. The van der Waals surface area contributed by atoms with Crippen LogP contribution >= 0.6 is 0 Å². The number of anilines is 1. The number of carbonyl (C=O) groups excluding carboxylic acids is 1. The Morgan fingerprint density at radius 2 is 2.04 bits per heavy atom. The van der Waals surface area contributed by atoms with Gasteiger partial charge in [0.25, 0.3) is 5.91 Å². The molecule has 1 atom stereocenters. The molecule has 2 fully saturated rings. The van der Waals surface area contributed by atoms with Crippen molar-refractivity contribution in [1.29, 1.82) is 0 Å². The van der Waals surface area contributed by atoms with Crippen molar-refractivity contribution in [3.63, 3.8) is 0 Å². The number of pyridine rings is 1. The van der Waals surface area contributed by atoms with Crippen LogP contribution in [0, 0.1) is 0 Å². The molecule has 1 aromatic heterocycles. The molecule has 6 nitrogen and oxygen atoms in total. The van der Waals surface area contributed by atoms with Crippen LogP contribution in [0.3, 0.4) is 0 Å². The van der Waals surface area contributed by atoms with Crippen molar-refractivity contribution in [1.82, 2.24) is 15.2 Å². The third kappa shape index (κ3) is 4.92. The lowest BCUT2D eigenvalue weighted by Crippen LogP contribution is -2.39. The van der Waals surface area contributed by atoms with Crippen LogP contribution in [0.25, 0.3) is 0 Å². The van der Waals surface area contributed by atoms with E-state index >= 15 is 0 Å². The van der Waals surface area contributed by atoms with Gasteiger partial charge in [-0.15, -0.1) is 0 Å². The predicted octanol–water partition coefficient (Wildman–Crippen LogP) is 1.65. The van der Waals surface area contributed by atoms with Crippen molar-refractivity contribution in [3.8, 4) is 0 Å². The normalized spacial score (nSPS) is 22.8. The fourth-order valence-electron chi connectivity index (χ4n) is 3.77. The van der Waals surface area contributed by atoms with Crippen molar-refractivity contribution < 1.29 is 9.90 Å². The molecule has 2 N–H and O–H groups in total. The molecule has 0 aromatic carbocycles. The van der Waals surface area contributed by atoms with Crippen LogP contribution in [0.1, 0.15) is 48.9 Å². The number of amides is 1. The lowest BCUT2D eigenvalue weighted by molar-refractivity contribution is 0.0945. The van der Waals surface area contributed by atoms with E-state index in [4.69, 9.17) is 0 Å². The Morgan fingerprint density at radius 1 is 1.24 bits per heavy atom. The minimum absolute atomic E-state index is 0.0495. The Morgan fingerprint density at radius 3 is 2.72 bits per heavy atom. The maximum atomic E-state index is 12.3. The fraction of sp³-hybridized carbons (Fsp3) is 0.684. The summed E-state index contributed by atoms with van der Waals surface area (Å²) in [6.45, 7) is 3.50. The Kier molecular flexibility index (Phi) is 6.26. The van der Waals surface area contributed by atoms with E-state index in [1.807, 2.05) is 12.1 Å². The fourth-order valence-corrected chi connectivity index (χ4v) is 3.77. The molecule has 1 amide bonds. The van der Waals surface area contributed by atoms with Gasteiger partial charge in [0.2, 0.25) is 0 Å². The predicted molar refractivity (Wildman–Crippen MR) is 98.9 cm³/mol. The zero-order valence-corrected chi connectivity index (χ0v) is 15.2. The molecule has 2 aliphatic heterocycles. The summed E-state index contributed by atoms with van der Waals surface area (Å²) in [4.78, 5) is 21.3. The number of aliphatic hydroxyl groups is 1. The highest BCUT2D eigenvalue weighted by Gasteiger charge is 2.20. The smallest absolute Gasteiger partial charge is 0.252 e. The van der Waals surface area contributed by atoms with E-state index in [1.165, 1.54) is 19.3 Å². The van der Waals surface area contributed by atoms with Gasteiger partial charge in [-0.05, 0) is 57.8 Å². The zero-order chi connectivity index (χ0) is 17.6. The Bertz CT molecular complexity index is 555. The minimum Gasteiger partial charge on any atom is -0.393 e. The summed E-state index contributed by atoms with van der Waals surface area (Å²) >= 11 is 0. The second-order valence-corrected chi connectivity index (χ2v) is 7.30. The van der Waals surface area contributed by atoms with Crippen molar-refractivity contribution in [2.75, 3.05) is 38.1 Å². The van der Waals surface area contributed by atoms with E-state index in [-0.39, 0.29) is 12.0 Å². The highest BCUT2D eigenvalue weighted by molar-refractivity contribution is 5.94. The average Bonchev–Trinajstić information content (AvgIpc) is 2.64. The Hall–Kier alpha value is -1.66. The molecule has 6 heteroatoms. The number of rotatable bonds is 5. The van der Waals surface area contributed by atoms with Crippen molar-refractivity contribution in [2.24, 2.45) is 0 Å². The van der Waals surface area contributed by atoms with Crippen LogP contribution in [0.15, 0.2) is 18.3 Å². The summed E-state index contributed by atoms with van der Waals surface area (Å²) in [5.74, 6) is 0.832. The average molecular weight is 346 g/mol. The number of hydrogen-bond donors (Lipinski definition) is 2. The molecule has 25 heavy (non-hydrogen) atoms. The molecule has 0 saturated carbocycles. The standard InChI is InChI=1S/C19H30N4O2/c1-22-11-3-2-4-16(22)7-10-20-19(25)15-5-6-18(21-14-15)23-12-8-17(24)9-13-23/h5-6,14,16-17,24H,2-4,7-13H2,1H3,(H,20,25). The quantitative estimate of drug-likeness (QED) is 0.848.